The largest absolute Gasteiger partial charge is 0.314 e. The molecule has 0 saturated carbocycles. The zero-order valence-corrected chi connectivity index (χ0v) is 9.12. The predicted molar refractivity (Wildman–Crippen MR) is 57.0 cm³/mol. The Morgan fingerprint density at radius 3 is 2.08 bits per heavy atom. The lowest BCUT2D eigenvalue weighted by Gasteiger charge is -2.39. The van der Waals surface area contributed by atoms with Crippen LogP contribution >= 0.6 is 24.8 Å². The molecule has 78 valence electrons. The third-order valence-corrected chi connectivity index (χ3v) is 2.63. The van der Waals surface area contributed by atoms with E-state index in [2.05, 4.69) is 10.2 Å². The number of Topliss-reactive ketones (excluding diaryl/α,β-unsaturated/α-hetero) is 1. The van der Waals surface area contributed by atoms with Crippen molar-refractivity contribution in [2.24, 2.45) is 0 Å². The van der Waals surface area contributed by atoms with Gasteiger partial charge < -0.3 is 5.32 Å². The molecular weight excluding hydrogens is 211 g/mol. The summed E-state index contributed by atoms with van der Waals surface area (Å²) in [4.78, 5) is 13.3. The van der Waals surface area contributed by atoms with Gasteiger partial charge in [-0.05, 0) is 0 Å². The lowest BCUT2D eigenvalue weighted by atomic mass is 10.0. The molecule has 3 nitrogen and oxygen atoms in total. The van der Waals surface area contributed by atoms with Gasteiger partial charge >= 0.3 is 0 Å². The molecular formula is C8H16Cl2N2O. The number of nitrogens with one attached hydrogen (secondary N) is 1. The van der Waals surface area contributed by atoms with Crippen molar-refractivity contribution in [1.29, 1.82) is 0 Å². The molecule has 0 aromatic carbocycles. The van der Waals surface area contributed by atoms with Crippen LogP contribution in [0.5, 0.6) is 0 Å². The SMILES string of the molecule is Cl.Cl.O=C1CCN(C2CNC2)CC1. The number of likely N-dealkylation sites (tertiary alicyclic amines) is 1. The standard InChI is InChI=1S/C8H14N2O.2ClH/c11-8-1-3-10(4-2-8)7-5-9-6-7;;/h7,9H,1-6H2;2*1H. The highest BCUT2D eigenvalue weighted by Gasteiger charge is 2.27. The third-order valence-electron chi connectivity index (χ3n) is 2.63. The number of piperidine rings is 1. The van der Waals surface area contributed by atoms with Crippen molar-refractivity contribution in [3.63, 3.8) is 0 Å². The second-order valence-electron chi connectivity index (χ2n) is 3.39. The van der Waals surface area contributed by atoms with E-state index in [1.807, 2.05) is 0 Å². The maximum atomic E-state index is 10.9. The molecule has 2 heterocycles. The average Bonchev–Trinajstić information content (AvgIpc) is 1.90. The molecule has 13 heavy (non-hydrogen) atoms. The van der Waals surface area contributed by atoms with Crippen LogP contribution < -0.4 is 5.32 Å². The quantitative estimate of drug-likeness (QED) is 0.706. The van der Waals surface area contributed by atoms with E-state index in [1.54, 1.807) is 0 Å². The van der Waals surface area contributed by atoms with Crippen LogP contribution in [0.1, 0.15) is 12.8 Å². The van der Waals surface area contributed by atoms with Gasteiger partial charge in [-0.25, -0.2) is 0 Å². The summed E-state index contributed by atoms with van der Waals surface area (Å²) in [6.07, 6.45) is 1.55. The average molecular weight is 227 g/mol. The van der Waals surface area contributed by atoms with Crippen molar-refractivity contribution < 1.29 is 4.79 Å². The van der Waals surface area contributed by atoms with Crippen molar-refractivity contribution in [2.45, 2.75) is 18.9 Å². The molecule has 5 heteroatoms. The van der Waals surface area contributed by atoms with Crippen molar-refractivity contribution in [2.75, 3.05) is 26.2 Å². The number of hydrogen-bond acceptors (Lipinski definition) is 3. The molecule has 0 spiro atoms. The van der Waals surface area contributed by atoms with Gasteiger partial charge in [0.2, 0.25) is 0 Å². The summed E-state index contributed by atoms with van der Waals surface area (Å²) < 4.78 is 0. The van der Waals surface area contributed by atoms with Gasteiger partial charge in [0.15, 0.2) is 0 Å². The molecule has 2 saturated heterocycles. The third kappa shape index (κ3) is 3.09. The Labute approximate surface area is 91.1 Å². The molecule has 0 aliphatic carbocycles. The smallest absolute Gasteiger partial charge is 0.135 e. The summed E-state index contributed by atoms with van der Waals surface area (Å²) in [5.41, 5.74) is 0. The van der Waals surface area contributed by atoms with Gasteiger partial charge in [-0.1, -0.05) is 0 Å². The van der Waals surface area contributed by atoms with E-state index in [4.69, 9.17) is 0 Å². The molecule has 0 unspecified atom stereocenters. The van der Waals surface area contributed by atoms with E-state index >= 15 is 0 Å². The number of halogens is 2. The van der Waals surface area contributed by atoms with E-state index in [1.165, 1.54) is 0 Å². The van der Waals surface area contributed by atoms with Crippen molar-refractivity contribution in [1.82, 2.24) is 10.2 Å². The highest BCUT2D eigenvalue weighted by atomic mass is 35.5. The van der Waals surface area contributed by atoms with Gasteiger partial charge in [0.25, 0.3) is 0 Å². The highest BCUT2D eigenvalue weighted by molar-refractivity contribution is 5.85. The van der Waals surface area contributed by atoms with Gasteiger partial charge in [-0.15, -0.1) is 24.8 Å². The topological polar surface area (TPSA) is 32.3 Å². The van der Waals surface area contributed by atoms with E-state index in [0.717, 1.165) is 45.1 Å². The van der Waals surface area contributed by atoms with Crippen LogP contribution in [0.25, 0.3) is 0 Å². The minimum Gasteiger partial charge on any atom is -0.314 e. The Balaban J connectivity index is 0.000000720. The summed E-state index contributed by atoms with van der Waals surface area (Å²) in [7, 11) is 0. The minimum absolute atomic E-state index is 0. The minimum atomic E-state index is 0. The molecule has 0 atom stereocenters. The molecule has 2 rings (SSSR count). The fourth-order valence-corrected chi connectivity index (χ4v) is 1.67. The monoisotopic (exact) mass is 226 g/mol. The molecule has 2 aliphatic heterocycles. The van der Waals surface area contributed by atoms with Crippen molar-refractivity contribution in [3.05, 3.63) is 0 Å². The zero-order chi connectivity index (χ0) is 7.68. The molecule has 0 amide bonds. The van der Waals surface area contributed by atoms with Crippen LogP contribution in [0.4, 0.5) is 0 Å². The Kier molecular flexibility index (Phi) is 5.88. The van der Waals surface area contributed by atoms with Crippen molar-refractivity contribution >= 4 is 30.6 Å². The number of rotatable bonds is 1. The normalized spacial score (nSPS) is 24.2. The fourth-order valence-electron chi connectivity index (χ4n) is 1.67. The Hall–Kier alpha value is 0.170. The van der Waals surface area contributed by atoms with Crippen LogP contribution in [0, 0.1) is 0 Å². The molecule has 0 radical (unpaired) electrons. The Morgan fingerprint density at radius 2 is 1.69 bits per heavy atom. The Morgan fingerprint density at radius 1 is 1.15 bits per heavy atom. The first-order chi connectivity index (χ1) is 5.36. The van der Waals surface area contributed by atoms with Crippen LogP contribution in [0.3, 0.4) is 0 Å². The summed E-state index contributed by atoms with van der Waals surface area (Å²) in [5.74, 6) is 0.438. The summed E-state index contributed by atoms with van der Waals surface area (Å²) in [6.45, 7) is 4.22. The number of hydrogen-bond donors (Lipinski definition) is 1. The van der Waals surface area contributed by atoms with Crippen LogP contribution in [0.15, 0.2) is 0 Å². The van der Waals surface area contributed by atoms with Gasteiger partial charge in [0.05, 0.1) is 0 Å². The summed E-state index contributed by atoms with van der Waals surface area (Å²) >= 11 is 0. The number of carbonyl (C=O) groups is 1. The van der Waals surface area contributed by atoms with Crippen LogP contribution in [-0.2, 0) is 4.79 Å². The van der Waals surface area contributed by atoms with Gasteiger partial charge in [-0.2, -0.15) is 0 Å². The first kappa shape index (κ1) is 13.2. The van der Waals surface area contributed by atoms with E-state index in [-0.39, 0.29) is 24.8 Å². The van der Waals surface area contributed by atoms with Crippen molar-refractivity contribution in [3.8, 4) is 0 Å². The van der Waals surface area contributed by atoms with E-state index in [9.17, 15) is 4.79 Å². The van der Waals surface area contributed by atoms with Gasteiger partial charge in [0, 0.05) is 45.1 Å². The van der Waals surface area contributed by atoms with E-state index < -0.39 is 0 Å². The molecule has 0 aromatic heterocycles. The summed E-state index contributed by atoms with van der Waals surface area (Å²) in [5, 5.41) is 3.24. The predicted octanol–water partition coefficient (Wildman–Crippen LogP) is 0.467. The van der Waals surface area contributed by atoms with Gasteiger partial charge in [0.1, 0.15) is 5.78 Å². The van der Waals surface area contributed by atoms with E-state index in [0.29, 0.717) is 5.78 Å². The first-order valence-electron chi connectivity index (χ1n) is 4.33. The van der Waals surface area contributed by atoms with Crippen LogP contribution in [-0.4, -0.2) is 42.9 Å². The second-order valence-corrected chi connectivity index (χ2v) is 3.39. The lowest BCUT2D eigenvalue weighted by molar-refractivity contribution is -0.122. The number of ketones is 1. The highest BCUT2D eigenvalue weighted by Crippen LogP contribution is 2.11. The lowest BCUT2D eigenvalue weighted by Crippen LogP contribution is -2.58. The Bertz CT molecular complexity index is 164. The maximum absolute atomic E-state index is 10.9. The summed E-state index contributed by atoms with van der Waals surface area (Å²) in [6, 6.07) is 0.725. The molecule has 2 aliphatic rings. The first-order valence-corrected chi connectivity index (χ1v) is 4.33. The zero-order valence-electron chi connectivity index (χ0n) is 7.49. The van der Waals surface area contributed by atoms with Gasteiger partial charge in [-0.3, -0.25) is 9.69 Å². The second kappa shape index (κ2) is 5.81. The number of carbonyl (C=O) groups excluding carboxylic acids is 1. The van der Waals surface area contributed by atoms with Crippen LogP contribution in [0.2, 0.25) is 0 Å². The molecule has 0 aromatic rings. The maximum Gasteiger partial charge on any atom is 0.135 e. The fraction of sp³-hybridized carbons (Fsp3) is 0.875. The number of nitrogens with zero attached hydrogens (tertiary/aromatic N) is 1. The molecule has 2 fully saturated rings. The molecule has 1 N–H and O–H groups in total. The molecule has 0 bridgehead atoms.